The van der Waals surface area contributed by atoms with Gasteiger partial charge < -0.3 is 14.9 Å². The lowest BCUT2D eigenvalue weighted by Crippen LogP contribution is -2.25. The first-order valence-electron chi connectivity index (χ1n) is 14.1. The smallest absolute Gasteiger partial charge is 0.311 e. The summed E-state index contributed by atoms with van der Waals surface area (Å²) in [7, 11) is 0. The molecular formula is C34H39NO4S. The van der Waals surface area contributed by atoms with Crippen LogP contribution in [0.1, 0.15) is 68.6 Å². The number of benzene rings is 3. The second kappa shape index (κ2) is 13.8. The van der Waals surface area contributed by atoms with Crippen LogP contribution < -0.4 is 4.74 Å². The van der Waals surface area contributed by atoms with Crippen LogP contribution in [0.15, 0.2) is 60.7 Å². The number of rotatable bonds is 10. The summed E-state index contributed by atoms with van der Waals surface area (Å²) in [5.41, 5.74) is 7.82. The van der Waals surface area contributed by atoms with Gasteiger partial charge in [-0.1, -0.05) is 59.7 Å². The van der Waals surface area contributed by atoms with Gasteiger partial charge >= 0.3 is 11.9 Å². The van der Waals surface area contributed by atoms with E-state index < -0.39 is 0 Å². The number of thiol groups is 1. The molecule has 0 amide bonds. The molecule has 1 saturated carbocycles. The molecular weight excluding hydrogens is 518 g/mol. The van der Waals surface area contributed by atoms with Gasteiger partial charge in [0.25, 0.3) is 0 Å². The molecule has 0 radical (unpaired) electrons. The van der Waals surface area contributed by atoms with E-state index in [-0.39, 0.29) is 18.0 Å². The molecule has 0 spiro atoms. The lowest BCUT2D eigenvalue weighted by atomic mass is 9.84. The van der Waals surface area contributed by atoms with Crippen LogP contribution in [-0.4, -0.2) is 29.5 Å². The fourth-order valence-electron chi connectivity index (χ4n) is 5.46. The van der Waals surface area contributed by atoms with Gasteiger partial charge in [0.05, 0.1) is 6.42 Å². The number of ether oxygens (including phenoxy) is 2. The third-order valence-electron chi connectivity index (χ3n) is 7.55. The number of hydrogen-bond donors (Lipinski definition) is 2. The molecule has 1 aliphatic rings. The van der Waals surface area contributed by atoms with Crippen molar-refractivity contribution in [2.45, 2.75) is 71.8 Å². The van der Waals surface area contributed by atoms with Crippen LogP contribution in [0, 0.1) is 25.2 Å². The van der Waals surface area contributed by atoms with Crippen molar-refractivity contribution < 1.29 is 19.1 Å². The van der Waals surface area contributed by atoms with Crippen LogP contribution in [0.5, 0.6) is 5.75 Å². The van der Waals surface area contributed by atoms with E-state index in [1.807, 2.05) is 12.1 Å². The van der Waals surface area contributed by atoms with Crippen molar-refractivity contribution >= 4 is 30.3 Å². The molecule has 210 valence electrons. The summed E-state index contributed by atoms with van der Waals surface area (Å²) in [4.78, 5) is 24.4. The second-order valence-corrected chi connectivity index (χ2v) is 11.4. The summed E-state index contributed by atoms with van der Waals surface area (Å²) in [6, 6.07) is 20.6. The third-order valence-corrected chi connectivity index (χ3v) is 7.77. The van der Waals surface area contributed by atoms with Crippen molar-refractivity contribution in [3.05, 3.63) is 77.4 Å². The maximum absolute atomic E-state index is 12.7. The minimum atomic E-state index is -0.282. The Balaban J connectivity index is 1.35. The Morgan fingerprint density at radius 2 is 1.40 bits per heavy atom. The van der Waals surface area contributed by atoms with Crippen molar-refractivity contribution in [2.24, 2.45) is 5.92 Å². The Hall–Kier alpha value is -3.38. The first-order valence-corrected chi connectivity index (χ1v) is 14.7. The SMILES string of the molecule is CC(=N)c1cc(-c2ccc(-c3cc(C)cc(C)c3)cc2)ccc1OC(=O)CCC1CCC(OC(=O)CCS)CC1. The Morgan fingerprint density at radius 3 is 2.00 bits per heavy atom. The van der Waals surface area contributed by atoms with Gasteiger partial charge in [-0.25, -0.2) is 0 Å². The van der Waals surface area contributed by atoms with Crippen LogP contribution >= 0.6 is 12.6 Å². The highest BCUT2D eigenvalue weighted by Gasteiger charge is 2.24. The highest BCUT2D eigenvalue weighted by atomic mass is 32.1. The summed E-state index contributed by atoms with van der Waals surface area (Å²) < 4.78 is 11.2. The molecule has 6 heteroatoms. The molecule has 0 saturated heterocycles. The molecule has 1 aliphatic carbocycles. The highest BCUT2D eigenvalue weighted by Crippen LogP contribution is 2.32. The third kappa shape index (κ3) is 8.07. The molecule has 4 rings (SSSR count). The normalized spacial score (nSPS) is 16.8. The van der Waals surface area contributed by atoms with Crippen LogP contribution in [0.2, 0.25) is 0 Å². The standard InChI is InChI=1S/C34H39NO4S/c1-22-18-23(2)20-29(19-22)27-9-7-26(8-10-27)28-11-14-32(31(21-28)24(3)35)39-33(36)15-6-25-4-12-30(13-5-25)38-34(37)16-17-40/h7-11,14,18-21,25,30,35,40H,4-6,12-13,15-17H2,1-3H3. The molecule has 0 aromatic heterocycles. The fourth-order valence-corrected chi connectivity index (χ4v) is 5.64. The lowest BCUT2D eigenvalue weighted by Gasteiger charge is -2.28. The fraction of sp³-hybridized carbons (Fsp3) is 0.382. The Bertz CT molecular complexity index is 1340. The van der Waals surface area contributed by atoms with Crippen molar-refractivity contribution in [1.82, 2.24) is 0 Å². The molecule has 1 fully saturated rings. The number of hydrogen-bond acceptors (Lipinski definition) is 6. The first kappa shape index (κ1) is 29.6. The predicted molar refractivity (Wildman–Crippen MR) is 164 cm³/mol. The summed E-state index contributed by atoms with van der Waals surface area (Å²) >= 11 is 4.08. The van der Waals surface area contributed by atoms with Gasteiger partial charge in [-0.2, -0.15) is 12.6 Å². The predicted octanol–water partition coefficient (Wildman–Crippen LogP) is 8.13. The molecule has 40 heavy (non-hydrogen) atoms. The monoisotopic (exact) mass is 557 g/mol. The number of carbonyl (C=O) groups excluding carboxylic acids is 2. The lowest BCUT2D eigenvalue weighted by molar-refractivity contribution is -0.150. The average molecular weight is 558 g/mol. The molecule has 0 atom stereocenters. The molecule has 3 aromatic carbocycles. The highest BCUT2D eigenvalue weighted by molar-refractivity contribution is 7.80. The van der Waals surface area contributed by atoms with Crippen molar-refractivity contribution in [3.8, 4) is 28.0 Å². The average Bonchev–Trinajstić information content (AvgIpc) is 2.92. The van der Waals surface area contributed by atoms with Crippen LogP contribution in [-0.2, 0) is 14.3 Å². The number of nitrogens with one attached hydrogen (secondary N) is 1. The number of aryl methyl sites for hydroxylation is 2. The summed E-state index contributed by atoms with van der Waals surface area (Å²) in [6.07, 6.45) is 4.95. The molecule has 5 nitrogen and oxygen atoms in total. The Labute approximate surface area is 243 Å². The summed E-state index contributed by atoms with van der Waals surface area (Å²) in [5, 5.41) is 8.29. The molecule has 0 bridgehead atoms. The Kier molecular flexibility index (Phi) is 10.2. The van der Waals surface area contributed by atoms with E-state index >= 15 is 0 Å². The zero-order chi connectivity index (χ0) is 28.6. The van der Waals surface area contributed by atoms with Gasteiger partial charge in [0.1, 0.15) is 11.9 Å². The minimum absolute atomic E-state index is 0.0184. The van der Waals surface area contributed by atoms with Gasteiger partial charge in [-0.15, -0.1) is 0 Å². The van der Waals surface area contributed by atoms with Crippen molar-refractivity contribution in [2.75, 3.05) is 5.75 Å². The zero-order valence-electron chi connectivity index (χ0n) is 23.7. The van der Waals surface area contributed by atoms with Gasteiger partial charge in [-0.3, -0.25) is 9.59 Å². The maximum atomic E-state index is 12.7. The summed E-state index contributed by atoms with van der Waals surface area (Å²) in [6.45, 7) is 5.93. The van der Waals surface area contributed by atoms with Gasteiger partial charge in [0.2, 0.25) is 0 Å². The van der Waals surface area contributed by atoms with Gasteiger partial charge in [-0.05, 0) is 93.2 Å². The second-order valence-electron chi connectivity index (χ2n) is 10.9. The van der Waals surface area contributed by atoms with Crippen molar-refractivity contribution in [1.29, 1.82) is 5.41 Å². The van der Waals surface area contributed by atoms with Crippen LogP contribution in [0.25, 0.3) is 22.3 Å². The van der Waals surface area contributed by atoms with E-state index in [1.165, 1.54) is 16.7 Å². The van der Waals surface area contributed by atoms with Crippen LogP contribution in [0.4, 0.5) is 0 Å². The largest absolute Gasteiger partial charge is 0.462 e. The zero-order valence-corrected chi connectivity index (χ0v) is 24.6. The van der Waals surface area contributed by atoms with Crippen LogP contribution in [0.3, 0.4) is 0 Å². The van der Waals surface area contributed by atoms with Gasteiger partial charge in [0, 0.05) is 23.4 Å². The summed E-state index contributed by atoms with van der Waals surface area (Å²) in [5.74, 6) is 0.882. The quantitative estimate of drug-likeness (QED) is 0.114. The number of carbonyl (C=O) groups is 2. The molecule has 0 heterocycles. The van der Waals surface area contributed by atoms with Crippen molar-refractivity contribution in [3.63, 3.8) is 0 Å². The molecule has 1 N–H and O–H groups in total. The van der Waals surface area contributed by atoms with E-state index in [2.05, 4.69) is 68.9 Å². The minimum Gasteiger partial charge on any atom is -0.462 e. The molecule has 3 aromatic rings. The molecule has 0 aliphatic heterocycles. The van der Waals surface area contributed by atoms with E-state index in [4.69, 9.17) is 14.9 Å². The number of esters is 2. The Morgan fingerprint density at radius 1 is 0.800 bits per heavy atom. The van der Waals surface area contributed by atoms with E-state index in [9.17, 15) is 9.59 Å². The maximum Gasteiger partial charge on any atom is 0.311 e. The molecule has 0 unspecified atom stereocenters. The van der Waals surface area contributed by atoms with Gasteiger partial charge in [0.15, 0.2) is 0 Å². The first-order chi connectivity index (χ1) is 19.2. The van der Waals surface area contributed by atoms with E-state index in [1.54, 1.807) is 13.0 Å². The van der Waals surface area contributed by atoms with E-state index in [0.29, 0.717) is 41.5 Å². The van der Waals surface area contributed by atoms with E-state index in [0.717, 1.165) is 48.8 Å². The topological polar surface area (TPSA) is 76.4 Å².